The minimum atomic E-state index is -0.450. The number of ether oxygens (including phenoxy) is 2. The molecule has 1 saturated carbocycles. The molecule has 0 radical (unpaired) electrons. The van der Waals surface area contributed by atoms with Gasteiger partial charge in [-0.3, -0.25) is 0 Å². The molecule has 0 amide bonds. The first-order valence-electron chi connectivity index (χ1n) is 9.33. The normalized spacial score (nSPS) is 19.4. The number of rotatable bonds is 4. The van der Waals surface area contributed by atoms with Crippen LogP contribution in [0.25, 0.3) is 10.8 Å². The van der Waals surface area contributed by atoms with Crippen molar-refractivity contribution in [1.82, 2.24) is 0 Å². The maximum Gasteiger partial charge on any atom is 0.338 e. The number of halogens is 1. The number of hydrogen-bond donors (Lipinski definition) is 0. The van der Waals surface area contributed by atoms with Crippen LogP contribution < -0.4 is 9.47 Å². The molecule has 0 spiro atoms. The van der Waals surface area contributed by atoms with Gasteiger partial charge in [0, 0.05) is 37.5 Å². The summed E-state index contributed by atoms with van der Waals surface area (Å²) in [4.78, 5) is 24.8. The van der Waals surface area contributed by atoms with Crippen molar-refractivity contribution in [2.45, 2.75) is 44.9 Å². The lowest BCUT2D eigenvalue weighted by molar-refractivity contribution is -0.131. The van der Waals surface area contributed by atoms with Crippen LogP contribution >= 0.6 is 15.9 Å². The van der Waals surface area contributed by atoms with Crippen molar-refractivity contribution in [2.24, 2.45) is 0 Å². The lowest BCUT2D eigenvalue weighted by atomic mass is 9.87. The van der Waals surface area contributed by atoms with Gasteiger partial charge < -0.3 is 9.47 Å². The second kappa shape index (κ2) is 6.89. The molecule has 0 aromatic heterocycles. The van der Waals surface area contributed by atoms with E-state index in [-0.39, 0.29) is 0 Å². The number of esters is 2. The van der Waals surface area contributed by atoms with Crippen LogP contribution in [0.2, 0.25) is 0 Å². The van der Waals surface area contributed by atoms with E-state index < -0.39 is 11.9 Å². The summed E-state index contributed by atoms with van der Waals surface area (Å²) in [6, 6.07) is 5.67. The summed E-state index contributed by atoms with van der Waals surface area (Å²) in [5.41, 5.74) is 2.68. The predicted octanol–water partition coefficient (Wildman–Crippen LogP) is 5.93. The highest BCUT2D eigenvalue weighted by Gasteiger charge is 2.43. The zero-order valence-corrected chi connectivity index (χ0v) is 17.5. The molecule has 2 atom stereocenters. The molecular formula is C23H21BrO4. The summed E-state index contributed by atoms with van der Waals surface area (Å²) < 4.78 is 12.5. The molecule has 4 nitrogen and oxygen atoms in total. The zero-order valence-electron chi connectivity index (χ0n) is 15.9. The number of benzene rings is 2. The van der Waals surface area contributed by atoms with Gasteiger partial charge in [0.25, 0.3) is 0 Å². The Balaban J connectivity index is 2.04. The number of carbonyl (C=O) groups excluding carboxylic acids is 2. The topological polar surface area (TPSA) is 52.6 Å². The van der Waals surface area contributed by atoms with Crippen molar-refractivity contribution in [3.63, 3.8) is 0 Å². The molecule has 0 saturated heterocycles. The van der Waals surface area contributed by atoms with Gasteiger partial charge in [0.05, 0.1) is 0 Å². The van der Waals surface area contributed by atoms with Gasteiger partial charge in [0.15, 0.2) is 0 Å². The van der Waals surface area contributed by atoms with Crippen molar-refractivity contribution in [1.29, 1.82) is 0 Å². The van der Waals surface area contributed by atoms with Crippen LogP contribution in [0.1, 0.15) is 56.1 Å². The van der Waals surface area contributed by atoms with Crippen LogP contribution in [0, 0.1) is 0 Å². The van der Waals surface area contributed by atoms with E-state index in [1.54, 1.807) is 13.8 Å². The third-order valence-electron chi connectivity index (χ3n) is 5.60. The molecule has 0 aliphatic heterocycles. The standard InChI is InChI=1S/C23H21BrO4/c1-11(2)22(25)27-20-15-6-5-7-16(24)19(15)21(28-23(26)12(3)4)18-14-9-8-13(10-14)17(18)20/h5-7,13-14H,1,3,8-10H2,2,4H3. The second-order valence-corrected chi connectivity index (χ2v) is 8.55. The van der Waals surface area contributed by atoms with Crippen molar-refractivity contribution < 1.29 is 19.1 Å². The third kappa shape index (κ3) is 2.89. The van der Waals surface area contributed by atoms with E-state index in [1.807, 2.05) is 18.2 Å². The smallest absolute Gasteiger partial charge is 0.338 e. The first-order chi connectivity index (χ1) is 13.3. The SMILES string of the molecule is C=C(C)C(=O)Oc1c2c(c(OC(=O)C(=C)C)c3c(Br)cccc13)C1CCC2C1. The Morgan fingerprint density at radius 1 is 0.964 bits per heavy atom. The minimum absolute atomic E-state index is 0.298. The summed E-state index contributed by atoms with van der Waals surface area (Å²) in [7, 11) is 0. The highest BCUT2D eigenvalue weighted by atomic mass is 79.9. The molecule has 2 unspecified atom stereocenters. The number of carbonyl (C=O) groups is 2. The number of fused-ring (bicyclic) bond motifs is 6. The van der Waals surface area contributed by atoms with E-state index in [9.17, 15) is 9.59 Å². The Morgan fingerprint density at radius 2 is 1.50 bits per heavy atom. The summed E-state index contributed by atoms with van der Waals surface area (Å²) in [5, 5.41) is 1.49. The monoisotopic (exact) mass is 440 g/mol. The highest BCUT2D eigenvalue weighted by Crippen LogP contribution is 2.61. The fourth-order valence-electron chi connectivity index (χ4n) is 4.36. The van der Waals surface area contributed by atoms with E-state index in [0.29, 0.717) is 34.5 Å². The van der Waals surface area contributed by atoms with Crippen molar-refractivity contribution in [2.75, 3.05) is 0 Å². The second-order valence-electron chi connectivity index (χ2n) is 7.69. The summed E-state index contributed by atoms with van der Waals surface area (Å²) in [6.07, 6.45) is 3.07. The van der Waals surface area contributed by atoms with Gasteiger partial charge in [-0.25, -0.2) is 9.59 Å². The minimum Gasteiger partial charge on any atom is -0.422 e. The lowest BCUT2D eigenvalue weighted by Crippen LogP contribution is -2.15. The fourth-order valence-corrected chi connectivity index (χ4v) is 4.91. The van der Waals surface area contributed by atoms with Gasteiger partial charge >= 0.3 is 11.9 Å². The molecular weight excluding hydrogens is 420 g/mol. The Kier molecular flexibility index (Phi) is 4.66. The molecule has 2 aromatic rings. The van der Waals surface area contributed by atoms with Gasteiger partial charge in [0.2, 0.25) is 0 Å². The summed E-state index contributed by atoms with van der Waals surface area (Å²) in [6.45, 7) is 10.7. The molecule has 0 N–H and O–H groups in total. The summed E-state index contributed by atoms with van der Waals surface area (Å²) >= 11 is 3.59. The quantitative estimate of drug-likeness (QED) is 0.335. The van der Waals surface area contributed by atoms with Gasteiger partial charge in [-0.05, 0) is 51.0 Å². The molecule has 144 valence electrons. The van der Waals surface area contributed by atoms with Gasteiger partial charge in [-0.2, -0.15) is 0 Å². The van der Waals surface area contributed by atoms with E-state index in [2.05, 4.69) is 29.1 Å². The zero-order chi connectivity index (χ0) is 20.2. The maximum absolute atomic E-state index is 12.4. The van der Waals surface area contributed by atoms with Crippen LogP contribution in [0.3, 0.4) is 0 Å². The van der Waals surface area contributed by atoms with Crippen LogP contribution in [0.4, 0.5) is 0 Å². The van der Waals surface area contributed by atoms with Crippen LogP contribution in [-0.2, 0) is 9.59 Å². The molecule has 4 rings (SSSR count). The lowest BCUT2D eigenvalue weighted by Gasteiger charge is -2.24. The van der Waals surface area contributed by atoms with Gasteiger partial charge in [-0.1, -0.05) is 41.2 Å². The predicted molar refractivity (Wildman–Crippen MR) is 112 cm³/mol. The van der Waals surface area contributed by atoms with E-state index in [4.69, 9.17) is 9.47 Å². The third-order valence-corrected chi connectivity index (χ3v) is 6.26. The highest BCUT2D eigenvalue weighted by molar-refractivity contribution is 9.10. The first-order valence-corrected chi connectivity index (χ1v) is 10.1. The van der Waals surface area contributed by atoms with Crippen molar-refractivity contribution in [3.05, 3.63) is 58.1 Å². The Bertz CT molecular complexity index is 1070. The number of hydrogen-bond acceptors (Lipinski definition) is 4. The molecule has 2 aromatic carbocycles. The van der Waals surface area contributed by atoms with Crippen LogP contribution in [0.5, 0.6) is 11.5 Å². The van der Waals surface area contributed by atoms with Gasteiger partial charge in [-0.15, -0.1) is 0 Å². The molecule has 0 heterocycles. The van der Waals surface area contributed by atoms with Crippen molar-refractivity contribution >= 4 is 38.6 Å². The fraction of sp³-hybridized carbons (Fsp3) is 0.304. The van der Waals surface area contributed by atoms with Crippen LogP contribution in [-0.4, -0.2) is 11.9 Å². The average Bonchev–Trinajstić information content (AvgIpc) is 3.25. The Hall–Kier alpha value is -2.40. The van der Waals surface area contributed by atoms with Crippen LogP contribution in [0.15, 0.2) is 47.0 Å². The molecule has 2 aliphatic rings. The van der Waals surface area contributed by atoms with Crippen molar-refractivity contribution in [3.8, 4) is 11.5 Å². The molecule has 1 fully saturated rings. The van der Waals surface area contributed by atoms with E-state index in [0.717, 1.165) is 45.6 Å². The van der Waals surface area contributed by atoms with E-state index >= 15 is 0 Å². The maximum atomic E-state index is 12.4. The first kappa shape index (κ1) is 18.9. The molecule has 2 aliphatic carbocycles. The van der Waals surface area contributed by atoms with E-state index in [1.165, 1.54) is 0 Å². The van der Waals surface area contributed by atoms with Gasteiger partial charge in [0.1, 0.15) is 11.5 Å². The molecule has 28 heavy (non-hydrogen) atoms. The Labute approximate surface area is 172 Å². The average molecular weight is 441 g/mol. The summed E-state index contributed by atoms with van der Waals surface area (Å²) in [5.74, 6) is 0.839. The Morgan fingerprint density at radius 3 is 2.07 bits per heavy atom. The largest absolute Gasteiger partial charge is 0.422 e. The molecule has 5 heteroatoms. The molecule has 2 bridgehead atoms.